The Morgan fingerprint density at radius 2 is 1.65 bits per heavy atom. The van der Waals surface area contributed by atoms with Gasteiger partial charge >= 0.3 is 0 Å². The van der Waals surface area contributed by atoms with E-state index < -0.39 is 0 Å². The maximum atomic E-state index is 13.0. The highest BCUT2D eigenvalue weighted by atomic mass is 32.2. The summed E-state index contributed by atoms with van der Waals surface area (Å²) in [6.07, 6.45) is 5.42. The van der Waals surface area contributed by atoms with Gasteiger partial charge in [-0.1, -0.05) is 6.42 Å². The molecule has 5 nitrogen and oxygen atoms in total. The molecule has 128 valence electrons. The molecule has 1 unspecified atom stereocenters. The van der Waals surface area contributed by atoms with Crippen molar-refractivity contribution >= 4 is 23.6 Å². The molecule has 3 aliphatic heterocycles. The molecule has 4 aliphatic rings. The van der Waals surface area contributed by atoms with Crippen LogP contribution in [-0.2, 0) is 9.59 Å². The average molecular weight is 337 g/mol. The first-order chi connectivity index (χ1) is 11.2. The first-order valence-electron chi connectivity index (χ1n) is 9.12. The lowest BCUT2D eigenvalue weighted by atomic mass is 9.84. The van der Waals surface area contributed by atoms with Crippen LogP contribution in [0.1, 0.15) is 32.1 Å². The molecular weight excluding hydrogens is 310 g/mol. The van der Waals surface area contributed by atoms with Crippen LogP contribution in [0, 0.1) is 17.8 Å². The summed E-state index contributed by atoms with van der Waals surface area (Å²) in [6, 6.07) is -0.204. The van der Waals surface area contributed by atoms with Crippen LogP contribution in [0.2, 0.25) is 0 Å². The van der Waals surface area contributed by atoms with Gasteiger partial charge in [0.2, 0.25) is 11.8 Å². The lowest BCUT2D eigenvalue weighted by molar-refractivity contribution is -0.147. The number of nitrogens with zero attached hydrogens (tertiary/aromatic N) is 2. The summed E-state index contributed by atoms with van der Waals surface area (Å²) in [7, 11) is 0. The number of fused-ring (bicyclic) bond motifs is 1. The van der Waals surface area contributed by atoms with E-state index in [1.54, 1.807) is 11.8 Å². The van der Waals surface area contributed by atoms with Gasteiger partial charge in [-0.15, -0.1) is 11.8 Å². The molecule has 0 bridgehead atoms. The number of hydrogen-bond acceptors (Lipinski definition) is 4. The number of hydrogen-bond donors (Lipinski definition) is 1. The summed E-state index contributed by atoms with van der Waals surface area (Å²) in [5.41, 5.74) is 0. The van der Waals surface area contributed by atoms with Crippen LogP contribution in [-0.4, -0.2) is 65.5 Å². The van der Waals surface area contributed by atoms with Gasteiger partial charge in [0.05, 0.1) is 5.88 Å². The van der Waals surface area contributed by atoms with Crippen LogP contribution in [0.15, 0.2) is 0 Å². The molecule has 3 saturated heterocycles. The number of amides is 2. The molecule has 0 aromatic heterocycles. The third kappa shape index (κ3) is 3.00. The van der Waals surface area contributed by atoms with E-state index in [4.69, 9.17) is 0 Å². The van der Waals surface area contributed by atoms with E-state index in [9.17, 15) is 9.59 Å². The fourth-order valence-electron chi connectivity index (χ4n) is 4.40. The molecule has 3 atom stereocenters. The second-order valence-corrected chi connectivity index (χ2v) is 8.53. The third-order valence-corrected chi connectivity index (χ3v) is 7.25. The minimum atomic E-state index is -0.204. The van der Waals surface area contributed by atoms with Crippen LogP contribution in [0.4, 0.5) is 0 Å². The van der Waals surface area contributed by atoms with Gasteiger partial charge < -0.3 is 15.1 Å². The third-order valence-electron chi connectivity index (χ3n) is 6.24. The van der Waals surface area contributed by atoms with E-state index in [1.807, 2.05) is 4.90 Å². The van der Waals surface area contributed by atoms with Crippen molar-refractivity contribution in [2.45, 2.75) is 38.1 Å². The Morgan fingerprint density at radius 3 is 2.26 bits per heavy atom. The summed E-state index contributed by atoms with van der Waals surface area (Å²) in [4.78, 5) is 29.5. The Labute approximate surface area is 142 Å². The zero-order valence-corrected chi connectivity index (χ0v) is 14.5. The molecule has 4 rings (SSSR count). The van der Waals surface area contributed by atoms with Crippen LogP contribution in [0.25, 0.3) is 0 Å². The Bertz CT molecular complexity index is 468. The molecule has 2 amide bonds. The van der Waals surface area contributed by atoms with Crippen molar-refractivity contribution < 1.29 is 9.59 Å². The SMILES string of the molecule is O=C(C1CSCN1C(=O)C1CCC1)N1CC[C@@H]2CNC[C@@H]2CC1. The molecule has 1 saturated carbocycles. The Kier molecular flexibility index (Phi) is 4.54. The first kappa shape index (κ1) is 15.8. The van der Waals surface area contributed by atoms with Crippen LogP contribution in [0.5, 0.6) is 0 Å². The highest BCUT2D eigenvalue weighted by Gasteiger charge is 2.41. The Morgan fingerprint density at radius 1 is 0.957 bits per heavy atom. The maximum Gasteiger partial charge on any atom is 0.246 e. The summed E-state index contributed by atoms with van der Waals surface area (Å²) in [5.74, 6) is 3.58. The maximum absolute atomic E-state index is 13.0. The smallest absolute Gasteiger partial charge is 0.246 e. The van der Waals surface area contributed by atoms with Gasteiger partial charge in [0.25, 0.3) is 0 Å². The fourth-order valence-corrected chi connectivity index (χ4v) is 5.56. The lowest BCUT2D eigenvalue weighted by Gasteiger charge is -2.33. The van der Waals surface area contributed by atoms with Gasteiger partial charge in [-0.05, 0) is 50.6 Å². The molecule has 23 heavy (non-hydrogen) atoms. The summed E-state index contributed by atoms with van der Waals surface area (Å²) >= 11 is 1.73. The van der Waals surface area contributed by atoms with Crippen molar-refractivity contribution in [1.29, 1.82) is 0 Å². The van der Waals surface area contributed by atoms with Crippen molar-refractivity contribution in [3.05, 3.63) is 0 Å². The van der Waals surface area contributed by atoms with E-state index in [2.05, 4.69) is 10.2 Å². The normalized spacial score (nSPS) is 34.9. The highest BCUT2D eigenvalue weighted by molar-refractivity contribution is 7.99. The molecule has 0 spiro atoms. The predicted molar refractivity (Wildman–Crippen MR) is 91.0 cm³/mol. The standard InChI is InChI=1S/C17H27N3O2S/c21-16(12-2-1-3-12)20-11-23-10-15(20)17(22)19-6-4-13-8-18-9-14(13)5-7-19/h12-15,18H,1-11H2/t13-,14+,15?. The van der Waals surface area contributed by atoms with E-state index in [0.29, 0.717) is 5.88 Å². The number of carbonyl (C=O) groups is 2. The molecule has 3 heterocycles. The van der Waals surface area contributed by atoms with Gasteiger partial charge in [0, 0.05) is 24.8 Å². The number of nitrogens with one attached hydrogen (secondary N) is 1. The van der Waals surface area contributed by atoms with Crippen molar-refractivity contribution in [3.63, 3.8) is 0 Å². The number of carbonyl (C=O) groups excluding carboxylic acids is 2. The van der Waals surface area contributed by atoms with Crippen molar-refractivity contribution in [3.8, 4) is 0 Å². The zero-order valence-electron chi connectivity index (χ0n) is 13.7. The lowest BCUT2D eigenvalue weighted by Crippen LogP contribution is -2.51. The number of likely N-dealkylation sites (tertiary alicyclic amines) is 1. The molecule has 0 radical (unpaired) electrons. The molecular formula is C17H27N3O2S. The van der Waals surface area contributed by atoms with Gasteiger partial charge in [0.15, 0.2) is 0 Å². The van der Waals surface area contributed by atoms with Gasteiger partial charge in [-0.3, -0.25) is 9.59 Å². The molecule has 6 heteroatoms. The minimum absolute atomic E-state index is 0.193. The van der Waals surface area contributed by atoms with Crippen LogP contribution in [0.3, 0.4) is 0 Å². The molecule has 1 aliphatic carbocycles. The molecule has 1 N–H and O–H groups in total. The van der Waals surface area contributed by atoms with Gasteiger partial charge in [0.1, 0.15) is 6.04 Å². The minimum Gasteiger partial charge on any atom is -0.341 e. The molecule has 0 aromatic carbocycles. The Balaban J connectivity index is 1.40. The zero-order chi connectivity index (χ0) is 15.8. The summed E-state index contributed by atoms with van der Waals surface area (Å²) < 4.78 is 0. The fraction of sp³-hybridized carbons (Fsp3) is 0.882. The second-order valence-electron chi connectivity index (χ2n) is 7.53. The summed E-state index contributed by atoms with van der Waals surface area (Å²) in [6.45, 7) is 3.96. The van der Waals surface area contributed by atoms with E-state index in [0.717, 1.165) is 69.5 Å². The van der Waals surface area contributed by atoms with Crippen LogP contribution < -0.4 is 5.32 Å². The van der Waals surface area contributed by atoms with E-state index in [1.165, 1.54) is 6.42 Å². The number of thioether (sulfide) groups is 1. The summed E-state index contributed by atoms with van der Waals surface area (Å²) in [5, 5.41) is 3.48. The quantitative estimate of drug-likeness (QED) is 0.821. The van der Waals surface area contributed by atoms with Crippen molar-refractivity contribution in [1.82, 2.24) is 15.1 Å². The molecule has 4 fully saturated rings. The molecule has 0 aromatic rings. The highest BCUT2D eigenvalue weighted by Crippen LogP contribution is 2.33. The van der Waals surface area contributed by atoms with Crippen LogP contribution >= 0.6 is 11.8 Å². The second kappa shape index (κ2) is 6.63. The number of rotatable bonds is 2. The Hall–Kier alpha value is -0.750. The monoisotopic (exact) mass is 337 g/mol. The first-order valence-corrected chi connectivity index (χ1v) is 10.3. The van der Waals surface area contributed by atoms with E-state index >= 15 is 0 Å². The van der Waals surface area contributed by atoms with E-state index in [-0.39, 0.29) is 23.8 Å². The van der Waals surface area contributed by atoms with Gasteiger partial charge in [-0.25, -0.2) is 0 Å². The predicted octanol–water partition coefficient (Wildman–Crippen LogP) is 1.15. The van der Waals surface area contributed by atoms with Crippen molar-refractivity contribution in [2.75, 3.05) is 37.8 Å². The van der Waals surface area contributed by atoms with Gasteiger partial charge in [-0.2, -0.15) is 0 Å². The topological polar surface area (TPSA) is 52.7 Å². The largest absolute Gasteiger partial charge is 0.341 e. The average Bonchev–Trinajstić information content (AvgIpc) is 3.10. The van der Waals surface area contributed by atoms with Crippen molar-refractivity contribution in [2.24, 2.45) is 17.8 Å².